The Kier molecular flexibility index (Phi) is 3.42. The molecule has 3 aromatic heterocycles. The van der Waals surface area contributed by atoms with Crippen molar-refractivity contribution in [3.63, 3.8) is 0 Å². The lowest BCUT2D eigenvalue weighted by Crippen LogP contribution is -2.22. The fourth-order valence-electron chi connectivity index (χ4n) is 1.94. The zero-order chi connectivity index (χ0) is 14.1. The van der Waals surface area contributed by atoms with Crippen molar-refractivity contribution < 1.29 is 4.79 Å². The van der Waals surface area contributed by atoms with Crippen LogP contribution in [0, 0.1) is 6.92 Å². The van der Waals surface area contributed by atoms with Crippen molar-refractivity contribution in [3.05, 3.63) is 45.1 Å². The summed E-state index contributed by atoms with van der Waals surface area (Å²) >= 11 is 2.97. The number of aromatic nitrogens is 1. The fraction of sp³-hybridized carbons (Fsp3) is 0.143. The van der Waals surface area contributed by atoms with Crippen molar-refractivity contribution in [2.24, 2.45) is 0 Å². The van der Waals surface area contributed by atoms with Crippen LogP contribution in [0.4, 0.5) is 5.69 Å². The fourth-order valence-corrected chi connectivity index (χ4v) is 3.78. The molecule has 0 atom stereocenters. The van der Waals surface area contributed by atoms with Crippen LogP contribution >= 0.6 is 22.7 Å². The third-order valence-electron chi connectivity index (χ3n) is 3.11. The maximum absolute atomic E-state index is 12.2. The molecule has 0 saturated carbocycles. The normalized spacial score (nSPS) is 10.8. The highest BCUT2D eigenvalue weighted by Crippen LogP contribution is 2.31. The molecule has 0 aliphatic heterocycles. The van der Waals surface area contributed by atoms with E-state index < -0.39 is 0 Å². The topological polar surface area (TPSA) is 68.0 Å². The SMILES string of the molecule is Cc1cscc1CNC(=O)c1sc2ncccc2c1N. The smallest absolute Gasteiger partial charge is 0.263 e. The van der Waals surface area contributed by atoms with Gasteiger partial charge >= 0.3 is 0 Å². The average molecular weight is 303 g/mol. The number of nitrogens with two attached hydrogens (primary N) is 1. The lowest BCUT2D eigenvalue weighted by Gasteiger charge is -2.04. The lowest BCUT2D eigenvalue weighted by molar-refractivity contribution is 0.0956. The van der Waals surface area contributed by atoms with E-state index in [1.807, 2.05) is 24.4 Å². The van der Waals surface area contributed by atoms with Gasteiger partial charge in [-0.15, -0.1) is 11.3 Å². The molecule has 0 fully saturated rings. The molecule has 3 rings (SSSR count). The number of aryl methyl sites for hydroxylation is 1. The monoisotopic (exact) mass is 303 g/mol. The maximum Gasteiger partial charge on any atom is 0.263 e. The van der Waals surface area contributed by atoms with Gasteiger partial charge in [0.1, 0.15) is 9.71 Å². The molecule has 3 heterocycles. The standard InChI is InChI=1S/C14H13N3OS2/c1-8-6-19-7-9(8)5-17-13(18)12-11(15)10-3-2-4-16-14(10)20-12/h2-4,6-7H,5,15H2,1H3,(H,17,18). The Morgan fingerprint density at radius 1 is 1.45 bits per heavy atom. The van der Waals surface area contributed by atoms with Crippen molar-refractivity contribution in [2.45, 2.75) is 13.5 Å². The molecule has 20 heavy (non-hydrogen) atoms. The van der Waals surface area contributed by atoms with Crippen LogP contribution in [0.2, 0.25) is 0 Å². The van der Waals surface area contributed by atoms with Crippen molar-refractivity contribution in [1.82, 2.24) is 10.3 Å². The minimum Gasteiger partial charge on any atom is -0.397 e. The van der Waals surface area contributed by atoms with Crippen LogP contribution < -0.4 is 11.1 Å². The summed E-state index contributed by atoms with van der Waals surface area (Å²) in [4.78, 5) is 17.8. The van der Waals surface area contributed by atoms with Crippen molar-refractivity contribution in [3.8, 4) is 0 Å². The second-order valence-electron chi connectivity index (χ2n) is 4.46. The van der Waals surface area contributed by atoms with Crippen molar-refractivity contribution in [2.75, 3.05) is 5.73 Å². The number of amides is 1. The van der Waals surface area contributed by atoms with Gasteiger partial charge in [-0.3, -0.25) is 4.79 Å². The minimum absolute atomic E-state index is 0.142. The summed E-state index contributed by atoms with van der Waals surface area (Å²) < 4.78 is 0. The van der Waals surface area contributed by atoms with Crippen LogP contribution in [0.25, 0.3) is 10.2 Å². The highest BCUT2D eigenvalue weighted by molar-refractivity contribution is 7.21. The summed E-state index contributed by atoms with van der Waals surface area (Å²) in [5.41, 5.74) is 8.88. The van der Waals surface area contributed by atoms with E-state index in [0.29, 0.717) is 17.1 Å². The Hall–Kier alpha value is -1.92. The van der Waals surface area contributed by atoms with Gasteiger partial charge in [-0.2, -0.15) is 11.3 Å². The van der Waals surface area contributed by atoms with Gasteiger partial charge in [0.05, 0.1) is 5.69 Å². The molecular formula is C14H13N3OS2. The van der Waals surface area contributed by atoms with E-state index in [1.54, 1.807) is 17.5 Å². The number of anilines is 1. The van der Waals surface area contributed by atoms with Gasteiger partial charge in [0.15, 0.2) is 0 Å². The van der Waals surface area contributed by atoms with Crippen molar-refractivity contribution >= 4 is 44.5 Å². The second-order valence-corrected chi connectivity index (χ2v) is 6.21. The molecule has 3 aromatic rings. The summed E-state index contributed by atoms with van der Waals surface area (Å²) in [7, 11) is 0. The third-order valence-corrected chi connectivity index (χ3v) is 5.15. The summed E-state index contributed by atoms with van der Waals surface area (Å²) in [5, 5.41) is 7.87. The van der Waals surface area contributed by atoms with E-state index in [4.69, 9.17) is 5.73 Å². The molecule has 0 bridgehead atoms. The molecule has 0 unspecified atom stereocenters. The van der Waals surface area contributed by atoms with E-state index in [2.05, 4.69) is 15.7 Å². The Labute approximate surface area is 124 Å². The molecule has 3 N–H and O–H groups in total. The number of rotatable bonds is 3. The molecule has 102 valence electrons. The van der Waals surface area contributed by atoms with Gasteiger partial charge in [0.25, 0.3) is 5.91 Å². The number of hydrogen-bond donors (Lipinski definition) is 2. The summed E-state index contributed by atoms with van der Waals surface area (Å²) in [6, 6.07) is 3.70. The predicted molar refractivity (Wildman–Crippen MR) is 84.3 cm³/mol. The first-order chi connectivity index (χ1) is 9.66. The van der Waals surface area contributed by atoms with Gasteiger partial charge in [-0.25, -0.2) is 4.98 Å². The van der Waals surface area contributed by atoms with Gasteiger partial charge < -0.3 is 11.1 Å². The quantitative estimate of drug-likeness (QED) is 0.781. The molecular weight excluding hydrogens is 290 g/mol. The molecule has 0 saturated heterocycles. The van der Waals surface area contributed by atoms with E-state index in [1.165, 1.54) is 16.9 Å². The number of hydrogen-bond acceptors (Lipinski definition) is 5. The van der Waals surface area contributed by atoms with Gasteiger partial charge in [0.2, 0.25) is 0 Å². The number of carbonyl (C=O) groups is 1. The third kappa shape index (κ3) is 2.28. The highest BCUT2D eigenvalue weighted by Gasteiger charge is 2.16. The zero-order valence-electron chi connectivity index (χ0n) is 10.8. The van der Waals surface area contributed by atoms with Crippen LogP contribution in [-0.2, 0) is 6.54 Å². The molecule has 0 spiro atoms. The first kappa shape index (κ1) is 13.1. The van der Waals surface area contributed by atoms with Gasteiger partial charge in [-0.1, -0.05) is 0 Å². The van der Waals surface area contributed by atoms with E-state index in [0.717, 1.165) is 15.8 Å². The number of nitrogens with one attached hydrogen (secondary N) is 1. The number of carbonyl (C=O) groups excluding carboxylic acids is 1. The van der Waals surface area contributed by atoms with Gasteiger partial charge in [0, 0.05) is 18.1 Å². The summed E-state index contributed by atoms with van der Waals surface area (Å²) in [6.45, 7) is 2.56. The van der Waals surface area contributed by atoms with Crippen LogP contribution in [0.5, 0.6) is 0 Å². The molecule has 4 nitrogen and oxygen atoms in total. The molecule has 0 aliphatic carbocycles. The number of nitrogen functional groups attached to an aromatic ring is 1. The molecule has 1 amide bonds. The second kappa shape index (κ2) is 5.22. The van der Waals surface area contributed by atoms with Gasteiger partial charge in [-0.05, 0) is 40.9 Å². The highest BCUT2D eigenvalue weighted by atomic mass is 32.1. The Balaban J connectivity index is 1.82. The largest absolute Gasteiger partial charge is 0.397 e. The summed E-state index contributed by atoms with van der Waals surface area (Å²) in [6.07, 6.45) is 1.70. The zero-order valence-corrected chi connectivity index (χ0v) is 12.5. The summed E-state index contributed by atoms with van der Waals surface area (Å²) in [5.74, 6) is -0.142. The minimum atomic E-state index is -0.142. The Bertz CT molecular complexity index is 776. The first-order valence-corrected chi connectivity index (χ1v) is 7.85. The van der Waals surface area contributed by atoms with Crippen LogP contribution in [-0.4, -0.2) is 10.9 Å². The van der Waals surface area contributed by atoms with Crippen LogP contribution in [0.1, 0.15) is 20.8 Å². The number of fused-ring (bicyclic) bond motifs is 1. The van der Waals surface area contributed by atoms with Crippen LogP contribution in [0.3, 0.4) is 0 Å². The molecule has 6 heteroatoms. The van der Waals surface area contributed by atoms with E-state index >= 15 is 0 Å². The Morgan fingerprint density at radius 3 is 3.00 bits per heavy atom. The average Bonchev–Trinajstić information content (AvgIpc) is 3.01. The van der Waals surface area contributed by atoms with E-state index in [-0.39, 0.29) is 5.91 Å². The Morgan fingerprint density at radius 2 is 2.30 bits per heavy atom. The maximum atomic E-state index is 12.2. The lowest BCUT2D eigenvalue weighted by atomic mass is 10.2. The number of nitrogens with zero attached hydrogens (tertiary/aromatic N) is 1. The van der Waals surface area contributed by atoms with E-state index in [9.17, 15) is 4.79 Å². The first-order valence-electron chi connectivity index (χ1n) is 6.09. The number of thiophene rings is 2. The molecule has 0 radical (unpaired) electrons. The number of pyridine rings is 1. The predicted octanol–water partition coefficient (Wildman–Crippen LogP) is 3.18. The molecule has 0 aromatic carbocycles. The van der Waals surface area contributed by atoms with Crippen LogP contribution in [0.15, 0.2) is 29.1 Å². The molecule has 0 aliphatic rings. The van der Waals surface area contributed by atoms with Crippen molar-refractivity contribution in [1.29, 1.82) is 0 Å².